The van der Waals surface area contributed by atoms with Crippen molar-refractivity contribution in [3.05, 3.63) is 76.2 Å². The van der Waals surface area contributed by atoms with E-state index in [9.17, 15) is 18.0 Å². The molecular formula is C25H26F3NO2S2. The first-order valence-electron chi connectivity index (χ1n) is 10.1. The van der Waals surface area contributed by atoms with E-state index in [1.54, 1.807) is 18.7 Å². The fourth-order valence-electron chi connectivity index (χ4n) is 2.78. The maximum atomic E-state index is 12.8. The quantitative estimate of drug-likeness (QED) is 0.282. The van der Waals surface area contributed by atoms with Crippen LogP contribution >= 0.6 is 23.5 Å². The second kappa shape index (κ2) is 11.6. The topological polar surface area (TPSA) is 49.7 Å². The molecule has 0 aromatic heterocycles. The van der Waals surface area contributed by atoms with E-state index in [-0.39, 0.29) is 6.42 Å². The van der Waals surface area contributed by atoms with Gasteiger partial charge in [0.25, 0.3) is 0 Å². The van der Waals surface area contributed by atoms with Gasteiger partial charge in [0.05, 0.1) is 17.7 Å². The normalized spacial score (nSPS) is 11.9. The maximum Gasteiger partial charge on any atom is 0.416 e. The van der Waals surface area contributed by atoms with Crippen molar-refractivity contribution in [1.82, 2.24) is 0 Å². The van der Waals surface area contributed by atoms with Crippen LogP contribution in [0.1, 0.15) is 43.9 Å². The van der Waals surface area contributed by atoms with Crippen molar-refractivity contribution in [2.24, 2.45) is 4.99 Å². The van der Waals surface area contributed by atoms with Gasteiger partial charge in [0.15, 0.2) is 0 Å². The number of alkyl halides is 3. The fourth-order valence-corrected chi connectivity index (χ4v) is 4.96. The number of allylic oxidation sites excluding steroid dienone is 1. The molecule has 0 saturated heterocycles. The number of halogens is 3. The molecule has 1 N–H and O–H groups in total. The van der Waals surface area contributed by atoms with Gasteiger partial charge in [-0.15, -0.1) is 11.8 Å². The molecule has 0 aliphatic rings. The second-order valence-corrected chi connectivity index (χ2v) is 9.92. The van der Waals surface area contributed by atoms with Gasteiger partial charge in [0.2, 0.25) is 0 Å². The van der Waals surface area contributed by atoms with Crippen LogP contribution in [0.5, 0.6) is 0 Å². The monoisotopic (exact) mass is 493 g/mol. The first-order valence-corrected chi connectivity index (χ1v) is 11.9. The summed E-state index contributed by atoms with van der Waals surface area (Å²) in [7, 11) is 0. The summed E-state index contributed by atoms with van der Waals surface area (Å²) >= 11 is 3.11. The van der Waals surface area contributed by atoms with Crippen molar-refractivity contribution >= 4 is 45.8 Å². The van der Waals surface area contributed by atoms with Crippen LogP contribution in [0.4, 0.5) is 18.9 Å². The molecule has 33 heavy (non-hydrogen) atoms. The molecule has 0 aliphatic carbocycles. The van der Waals surface area contributed by atoms with Crippen LogP contribution < -0.4 is 0 Å². The van der Waals surface area contributed by atoms with Gasteiger partial charge in [-0.3, -0.25) is 9.79 Å². The Balaban J connectivity index is 2.06. The van der Waals surface area contributed by atoms with Gasteiger partial charge in [-0.25, -0.2) is 0 Å². The number of thioether (sulfide) groups is 2. The molecule has 0 bridgehead atoms. The van der Waals surface area contributed by atoms with E-state index in [1.165, 1.54) is 23.9 Å². The number of aryl methyl sites for hydroxylation is 1. The fraction of sp³-hybridized carbons (Fsp3) is 0.280. The van der Waals surface area contributed by atoms with E-state index in [2.05, 4.69) is 11.6 Å². The Kier molecular flexibility index (Phi) is 9.43. The summed E-state index contributed by atoms with van der Waals surface area (Å²) in [4.78, 5) is 18.0. The van der Waals surface area contributed by atoms with Crippen molar-refractivity contribution in [3.8, 4) is 0 Å². The first kappa shape index (κ1) is 26.8. The van der Waals surface area contributed by atoms with E-state index in [0.717, 1.165) is 38.8 Å². The lowest BCUT2D eigenvalue weighted by molar-refractivity contribution is -0.138. The lowest BCUT2D eigenvalue weighted by Gasteiger charge is -2.13. The highest BCUT2D eigenvalue weighted by atomic mass is 32.2. The molecule has 2 rings (SSSR count). The standard InChI is InChI=1S/C25H26F3NO2S2/c1-15(2)23(33-18(5)19-6-8-20(9-7-19)25(26,27)28)14-32-21-10-11-22(16(3)12-21)29-17(4)13-24(30)31/h6-12H,5,13-14H2,1-4H3,(H,30,31). The zero-order chi connectivity index (χ0) is 24.8. The van der Waals surface area contributed by atoms with E-state index < -0.39 is 17.7 Å². The predicted octanol–water partition coefficient (Wildman–Crippen LogP) is 8.37. The summed E-state index contributed by atoms with van der Waals surface area (Å²) < 4.78 is 38.4. The number of nitrogens with zero attached hydrogens (tertiary/aromatic N) is 1. The molecule has 0 unspecified atom stereocenters. The number of hydrogen-bond donors (Lipinski definition) is 1. The number of hydrogen-bond acceptors (Lipinski definition) is 4. The minimum absolute atomic E-state index is 0.0973. The summed E-state index contributed by atoms with van der Waals surface area (Å²) in [5, 5.41) is 8.88. The Morgan fingerprint density at radius 2 is 1.73 bits per heavy atom. The van der Waals surface area contributed by atoms with Gasteiger partial charge in [0, 0.05) is 21.3 Å². The molecular weight excluding hydrogens is 467 g/mol. The van der Waals surface area contributed by atoms with Crippen LogP contribution in [0.15, 0.2) is 69.4 Å². The number of aliphatic carboxylic acids is 1. The molecule has 0 aliphatic heterocycles. The average Bonchev–Trinajstić information content (AvgIpc) is 2.71. The minimum atomic E-state index is -4.36. The summed E-state index contributed by atoms with van der Waals surface area (Å²) in [5.74, 6) is -0.224. The largest absolute Gasteiger partial charge is 0.481 e. The highest BCUT2D eigenvalue weighted by Crippen LogP contribution is 2.38. The molecule has 0 atom stereocenters. The van der Waals surface area contributed by atoms with Crippen molar-refractivity contribution in [1.29, 1.82) is 0 Å². The Hall–Kier alpha value is -2.45. The predicted molar refractivity (Wildman–Crippen MR) is 133 cm³/mol. The smallest absolute Gasteiger partial charge is 0.416 e. The van der Waals surface area contributed by atoms with Crippen molar-refractivity contribution in [3.63, 3.8) is 0 Å². The van der Waals surface area contributed by atoms with Crippen LogP contribution in [0.3, 0.4) is 0 Å². The number of rotatable bonds is 9. The molecule has 0 spiro atoms. The zero-order valence-electron chi connectivity index (χ0n) is 18.9. The SMILES string of the molecule is C=C(SC(CSc1ccc(N=C(C)CC(=O)O)c(C)c1)=C(C)C)c1ccc(C(F)(F)F)cc1. The van der Waals surface area contributed by atoms with Gasteiger partial charge >= 0.3 is 12.1 Å². The molecule has 3 nitrogen and oxygen atoms in total. The van der Waals surface area contributed by atoms with Crippen LogP contribution in [0.25, 0.3) is 4.91 Å². The Labute approximate surface area is 200 Å². The Bertz CT molecular complexity index is 1080. The van der Waals surface area contributed by atoms with E-state index in [4.69, 9.17) is 5.11 Å². The summed E-state index contributed by atoms with van der Waals surface area (Å²) in [5.41, 5.74) is 3.32. The van der Waals surface area contributed by atoms with Gasteiger partial charge in [-0.05, 0) is 74.1 Å². The Morgan fingerprint density at radius 1 is 1.09 bits per heavy atom. The van der Waals surface area contributed by atoms with Crippen LogP contribution in [-0.2, 0) is 11.0 Å². The van der Waals surface area contributed by atoms with Crippen molar-refractivity contribution < 1.29 is 23.1 Å². The third-order valence-corrected chi connectivity index (χ3v) is 7.08. The second-order valence-electron chi connectivity index (χ2n) is 7.68. The molecule has 0 radical (unpaired) electrons. The molecule has 2 aromatic rings. The van der Waals surface area contributed by atoms with Crippen LogP contribution in [0.2, 0.25) is 0 Å². The summed E-state index contributed by atoms with van der Waals surface area (Å²) in [6, 6.07) is 10.9. The highest BCUT2D eigenvalue weighted by molar-refractivity contribution is 8.13. The molecule has 176 valence electrons. The number of benzene rings is 2. The van der Waals surface area contributed by atoms with Gasteiger partial charge in [0.1, 0.15) is 0 Å². The highest BCUT2D eigenvalue weighted by Gasteiger charge is 2.30. The van der Waals surface area contributed by atoms with E-state index >= 15 is 0 Å². The molecule has 0 heterocycles. The molecule has 0 amide bonds. The molecule has 2 aromatic carbocycles. The molecule has 8 heteroatoms. The van der Waals surface area contributed by atoms with Gasteiger partial charge in [-0.1, -0.05) is 36.0 Å². The van der Waals surface area contributed by atoms with E-state index in [1.807, 2.05) is 39.0 Å². The third kappa shape index (κ3) is 8.44. The zero-order valence-corrected chi connectivity index (χ0v) is 20.5. The average molecular weight is 494 g/mol. The number of aliphatic imine (C=N–C) groups is 1. The first-order chi connectivity index (χ1) is 15.4. The summed E-state index contributed by atoms with van der Waals surface area (Å²) in [6.45, 7) is 11.7. The van der Waals surface area contributed by atoms with Gasteiger partial charge < -0.3 is 5.11 Å². The number of carbonyl (C=O) groups is 1. The van der Waals surface area contributed by atoms with Crippen LogP contribution in [-0.4, -0.2) is 22.5 Å². The Morgan fingerprint density at radius 3 is 2.24 bits per heavy atom. The minimum Gasteiger partial charge on any atom is -0.481 e. The third-order valence-electron chi connectivity index (χ3n) is 4.59. The lowest BCUT2D eigenvalue weighted by atomic mass is 10.1. The maximum absolute atomic E-state index is 12.8. The molecule has 0 saturated carbocycles. The number of carboxylic acids is 1. The summed E-state index contributed by atoms with van der Waals surface area (Å²) in [6.07, 6.45) is -4.46. The number of carboxylic acid groups (broad SMARTS) is 1. The van der Waals surface area contributed by atoms with Gasteiger partial charge in [-0.2, -0.15) is 13.2 Å². The van der Waals surface area contributed by atoms with Crippen molar-refractivity contribution in [2.75, 3.05) is 5.75 Å². The molecule has 0 fully saturated rings. The lowest BCUT2D eigenvalue weighted by Crippen LogP contribution is -2.04. The van der Waals surface area contributed by atoms with E-state index in [0.29, 0.717) is 21.9 Å². The van der Waals surface area contributed by atoms with Crippen LogP contribution in [0, 0.1) is 6.92 Å². The van der Waals surface area contributed by atoms with Crippen molar-refractivity contribution in [2.45, 2.75) is 45.2 Å².